The first-order chi connectivity index (χ1) is 15.3. The van der Waals surface area contributed by atoms with E-state index in [1.54, 1.807) is 12.1 Å². The highest BCUT2D eigenvalue weighted by Crippen LogP contribution is 2.39. The minimum Gasteiger partial charge on any atom is -0.313 e. The number of benzene rings is 2. The smallest absolute Gasteiger partial charge is 0.313 e. The van der Waals surface area contributed by atoms with Gasteiger partial charge >= 0.3 is 6.11 Å². The maximum atomic E-state index is 14.2. The lowest BCUT2D eigenvalue weighted by Gasteiger charge is -2.29. The van der Waals surface area contributed by atoms with Crippen molar-refractivity contribution >= 4 is 0 Å². The van der Waals surface area contributed by atoms with Crippen LogP contribution in [-0.4, -0.2) is 6.11 Å². The van der Waals surface area contributed by atoms with Gasteiger partial charge in [-0.2, -0.15) is 8.78 Å². The molecule has 1 atom stereocenters. The summed E-state index contributed by atoms with van der Waals surface area (Å²) in [5.41, 5.74) is 1.02. The third-order valence-corrected chi connectivity index (χ3v) is 6.48. The number of unbranched alkanes of at least 4 members (excludes halogenated alkanes) is 2. The highest BCUT2D eigenvalue weighted by atomic mass is 19.3. The van der Waals surface area contributed by atoms with Crippen LogP contribution < -0.4 is 0 Å². The van der Waals surface area contributed by atoms with Crippen LogP contribution in [0.3, 0.4) is 0 Å². The lowest BCUT2D eigenvalue weighted by Crippen LogP contribution is -2.27. The maximum absolute atomic E-state index is 14.2. The monoisotopic (exact) mass is 454 g/mol. The Labute approximate surface area is 187 Å². The molecule has 0 aromatic heterocycles. The highest BCUT2D eigenvalue weighted by Gasteiger charge is 2.43. The summed E-state index contributed by atoms with van der Waals surface area (Å²) in [7, 11) is 0. The van der Waals surface area contributed by atoms with Crippen molar-refractivity contribution in [2.45, 2.75) is 83.1 Å². The first-order valence-electron chi connectivity index (χ1n) is 11.5. The number of rotatable bonds is 10. The van der Waals surface area contributed by atoms with Crippen LogP contribution in [0.2, 0.25) is 0 Å². The molecule has 0 amide bonds. The second-order valence-corrected chi connectivity index (χ2v) is 8.84. The van der Waals surface area contributed by atoms with E-state index >= 15 is 0 Å². The zero-order valence-electron chi connectivity index (χ0n) is 18.4. The van der Waals surface area contributed by atoms with Crippen molar-refractivity contribution in [2.75, 3.05) is 0 Å². The normalized spacial score (nSPS) is 20.3. The first-order valence-corrected chi connectivity index (χ1v) is 11.5. The zero-order chi connectivity index (χ0) is 23.1. The molecule has 1 nitrogen and oxygen atoms in total. The third kappa shape index (κ3) is 6.53. The molecule has 0 radical (unpaired) electrons. The van der Waals surface area contributed by atoms with E-state index in [0.717, 1.165) is 24.8 Å². The molecule has 1 unspecified atom stereocenters. The molecule has 32 heavy (non-hydrogen) atoms. The van der Waals surface area contributed by atoms with Crippen LogP contribution in [0, 0.1) is 17.6 Å². The molecule has 176 valence electrons. The molecule has 0 heterocycles. The van der Waals surface area contributed by atoms with E-state index in [9.17, 15) is 22.0 Å². The second kappa shape index (κ2) is 11.3. The number of alkyl halides is 3. The van der Waals surface area contributed by atoms with Crippen molar-refractivity contribution in [3.05, 3.63) is 70.8 Å². The Balaban J connectivity index is 1.50. The van der Waals surface area contributed by atoms with Crippen LogP contribution in [0.25, 0.3) is 0 Å². The molecule has 1 saturated carbocycles. The molecule has 1 aliphatic rings. The summed E-state index contributed by atoms with van der Waals surface area (Å²) in [5, 5.41) is 0. The first kappa shape index (κ1) is 24.7. The summed E-state index contributed by atoms with van der Waals surface area (Å²) in [6.45, 7) is 1.73. The van der Waals surface area contributed by atoms with Crippen LogP contribution in [0.5, 0.6) is 0 Å². The van der Waals surface area contributed by atoms with Gasteiger partial charge in [0.1, 0.15) is 0 Å². The number of hydrogen-bond donors (Lipinski definition) is 0. The quantitative estimate of drug-likeness (QED) is 0.258. The van der Waals surface area contributed by atoms with Gasteiger partial charge in [-0.3, -0.25) is 0 Å². The molecule has 2 aromatic rings. The van der Waals surface area contributed by atoms with Crippen molar-refractivity contribution in [2.24, 2.45) is 5.92 Å². The predicted octanol–water partition coefficient (Wildman–Crippen LogP) is 8.64. The lowest BCUT2D eigenvalue weighted by molar-refractivity contribution is -0.282. The van der Waals surface area contributed by atoms with Crippen molar-refractivity contribution in [1.29, 1.82) is 0 Å². The molecular formula is C26H31F5O. The van der Waals surface area contributed by atoms with Crippen LogP contribution in [0.1, 0.15) is 87.1 Å². The molecule has 2 aromatic carbocycles. The summed E-state index contributed by atoms with van der Waals surface area (Å²) in [6.07, 6.45) is 2.83. The van der Waals surface area contributed by atoms with E-state index in [1.807, 2.05) is 12.1 Å². The van der Waals surface area contributed by atoms with Crippen LogP contribution in [-0.2, 0) is 11.3 Å². The van der Waals surface area contributed by atoms with Crippen molar-refractivity contribution in [1.82, 2.24) is 0 Å². The van der Waals surface area contributed by atoms with Gasteiger partial charge in [0, 0.05) is 0 Å². The van der Waals surface area contributed by atoms with Gasteiger partial charge in [-0.25, -0.2) is 13.2 Å². The Morgan fingerprint density at radius 2 is 1.62 bits per heavy atom. The number of ether oxygens (including phenoxy) is 1. The van der Waals surface area contributed by atoms with Gasteiger partial charge < -0.3 is 4.74 Å². The molecule has 1 aliphatic carbocycles. The number of hydrogen-bond acceptors (Lipinski definition) is 1. The standard InChI is InChI=1S/C26H31F5O/c1-2-3-4-5-18-6-10-20(11-7-18)21-12-8-19(9-13-21)17-32-26(30,31)25(29)22-14-15-23(27)24(28)16-22/h8-9,12-16,18,20,25H,2-7,10-11,17H2,1H3. The van der Waals surface area contributed by atoms with Gasteiger partial charge in [0.25, 0.3) is 0 Å². The molecule has 6 heteroatoms. The van der Waals surface area contributed by atoms with Crippen LogP contribution in [0.4, 0.5) is 22.0 Å². The van der Waals surface area contributed by atoms with Gasteiger partial charge in [0.05, 0.1) is 6.61 Å². The largest absolute Gasteiger partial charge is 0.391 e. The molecule has 0 aliphatic heterocycles. The Kier molecular flexibility index (Phi) is 8.69. The molecule has 0 N–H and O–H groups in total. The van der Waals surface area contributed by atoms with Crippen molar-refractivity contribution in [3.8, 4) is 0 Å². The Morgan fingerprint density at radius 1 is 0.938 bits per heavy atom. The summed E-state index contributed by atoms with van der Waals surface area (Å²) in [4.78, 5) is 0. The highest BCUT2D eigenvalue weighted by molar-refractivity contribution is 5.26. The Hall–Kier alpha value is -1.95. The van der Waals surface area contributed by atoms with E-state index in [4.69, 9.17) is 0 Å². The Morgan fingerprint density at radius 3 is 2.25 bits per heavy atom. The van der Waals surface area contributed by atoms with Gasteiger partial charge in [-0.05, 0) is 66.3 Å². The molecule has 1 fully saturated rings. The van der Waals surface area contributed by atoms with Crippen LogP contribution >= 0.6 is 0 Å². The average Bonchev–Trinajstić information content (AvgIpc) is 2.80. The van der Waals surface area contributed by atoms with Crippen molar-refractivity contribution < 1.29 is 26.7 Å². The van der Waals surface area contributed by atoms with E-state index < -0.39 is 36.1 Å². The molecule has 3 rings (SSSR count). The molecular weight excluding hydrogens is 423 g/mol. The van der Waals surface area contributed by atoms with Gasteiger partial charge in [0.15, 0.2) is 11.6 Å². The molecule has 0 saturated heterocycles. The topological polar surface area (TPSA) is 9.23 Å². The summed E-state index contributed by atoms with van der Waals surface area (Å²) in [6, 6.07) is 9.14. The fourth-order valence-corrected chi connectivity index (χ4v) is 4.47. The number of halogens is 5. The van der Waals surface area contributed by atoms with Gasteiger partial charge in [-0.15, -0.1) is 0 Å². The van der Waals surface area contributed by atoms with E-state index in [2.05, 4.69) is 11.7 Å². The second-order valence-electron chi connectivity index (χ2n) is 8.84. The molecule has 0 bridgehead atoms. The summed E-state index contributed by atoms with van der Waals surface area (Å²) >= 11 is 0. The minimum atomic E-state index is -4.17. The maximum Gasteiger partial charge on any atom is 0.391 e. The third-order valence-electron chi connectivity index (χ3n) is 6.48. The predicted molar refractivity (Wildman–Crippen MR) is 115 cm³/mol. The average molecular weight is 455 g/mol. The summed E-state index contributed by atoms with van der Waals surface area (Å²) in [5.74, 6) is -1.31. The van der Waals surface area contributed by atoms with Crippen LogP contribution in [0.15, 0.2) is 42.5 Å². The van der Waals surface area contributed by atoms with E-state index in [-0.39, 0.29) is 0 Å². The van der Waals surface area contributed by atoms with Gasteiger partial charge in [-0.1, -0.05) is 62.9 Å². The zero-order valence-corrected chi connectivity index (χ0v) is 18.4. The minimum absolute atomic E-state index is 0.421. The fraction of sp³-hybridized carbons (Fsp3) is 0.538. The SMILES string of the molecule is CCCCCC1CCC(c2ccc(COC(F)(F)C(F)c3ccc(F)c(F)c3)cc2)CC1. The van der Waals surface area contributed by atoms with E-state index in [0.29, 0.717) is 23.6 Å². The fourth-order valence-electron chi connectivity index (χ4n) is 4.47. The van der Waals surface area contributed by atoms with Crippen molar-refractivity contribution in [3.63, 3.8) is 0 Å². The lowest BCUT2D eigenvalue weighted by atomic mass is 9.77. The Bertz CT molecular complexity index is 844. The van der Waals surface area contributed by atoms with Gasteiger partial charge in [0.2, 0.25) is 6.17 Å². The molecule has 0 spiro atoms. The van der Waals surface area contributed by atoms with E-state index in [1.165, 1.54) is 44.1 Å². The summed E-state index contributed by atoms with van der Waals surface area (Å²) < 4.78 is 73.2.